The predicted molar refractivity (Wildman–Crippen MR) is 126 cm³/mol. The molecule has 0 radical (unpaired) electrons. The van der Waals surface area contributed by atoms with Gasteiger partial charge in [0, 0.05) is 29.6 Å². The summed E-state index contributed by atoms with van der Waals surface area (Å²) in [5, 5.41) is 4.16. The molecule has 2 heterocycles. The Morgan fingerprint density at radius 3 is 2.68 bits per heavy atom. The van der Waals surface area contributed by atoms with Crippen LogP contribution in [0.2, 0.25) is 0 Å². The van der Waals surface area contributed by atoms with Crippen LogP contribution in [-0.2, 0) is 24.7 Å². The number of hydrogen-bond acceptors (Lipinski definition) is 6. The second kappa shape index (κ2) is 8.96. The van der Waals surface area contributed by atoms with Crippen molar-refractivity contribution in [2.75, 3.05) is 11.1 Å². The summed E-state index contributed by atoms with van der Waals surface area (Å²) in [7, 11) is 1.72. The van der Waals surface area contributed by atoms with E-state index >= 15 is 0 Å². The van der Waals surface area contributed by atoms with Gasteiger partial charge >= 0.3 is 0 Å². The normalized spacial score (nSPS) is 13.0. The molecule has 2 aromatic heterocycles. The van der Waals surface area contributed by atoms with Crippen LogP contribution in [0.3, 0.4) is 0 Å². The SMILES string of the molecule is CC(C)CC(=O)Nc1ccc(C(=O)CSc2nc3sc4c(c3c(=O)n2C)CCC4)cc1. The van der Waals surface area contributed by atoms with Crippen molar-refractivity contribution in [1.82, 2.24) is 9.55 Å². The lowest BCUT2D eigenvalue weighted by Gasteiger charge is -2.09. The first-order valence-electron chi connectivity index (χ1n) is 10.4. The van der Waals surface area contributed by atoms with Gasteiger partial charge in [0.2, 0.25) is 5.91 Å². The van der Waals surface area contributed by atoms with Crippen LogP contribution in [-0.4, -0.2) is 27.0 Å². The fraction of sp³-hybridized carbons (Fsp3) is 0.391. The summed E-state index contributed by atoms with van der Waals surface area (Å²) in [5.74, 6) is 0.396. The van der Waals surface area contributed by atoms with Crippen LogP contribution in [0, 0.1) is 5.92 Å². The minimum absolute atomic E-state index is 0.0270. The van der Waals surface area contributed by atoms with Gasteiger partial charge in [-0.3, -0.25) is 19.0 Å². The zero-order valence-corrected chi connectivity index (χ0v) is 19.5. The molecule has 8 heteroatoms. The summed E-state index contributed by atoms with van der Waals surface area (Å²) in [6, 6.07) is 6.91. The molecule has 4 rings (SSSR count). The summed E-state index contributed by atoms with van der Waals surface area (Å²) in [6.45, 7) is 3.99. The van der Waals surface area contributed by atoms with Crippen molar-refractivity contribution in [2.45, 2.75) is 44.7 Å². The van der Waals surface area contributed by atoms with E-state index < -0.39 is 0 Å². The highest BCUT2D eigenvalue weighted by Gasteiger charge is 2.22. The minimum Gasteiger partial charge on any atom is -0.326 e. The summed E-state index contributed by atoms with van der Waals surface area (Å²) >= 11 is 2.89. The topological polar surface area (TPSA) is 81.1 Å². The number of benzene rings is 1. The van der Waals surface area contributed by atoms with Crippen molar-refractivity contribution in [3.8, 4) is 0 Å². The van der Waals surface area contributed by atoms with E-state index in [-0.39, 0.29) is 28.9 Å². The molecule has 0 saturated heterocycles. The number of carbonyl (C=O) groups is 2. The van der Waals surface area contributed by atoms with Crippen molar-refractivity contribution >= 4 is 50.7 Å². The lowest BCUT2D eigenvalue weighted by molar-refractivity contribution is -0.116. The Morgan fingerprint density at radius 2 is 1.97 bits per heavy atom. The fourth-order valence-electron chi connectivity index (χ4n) is 3.77. The number of thioether (sulfide) groups is 1. The number of Topliss-reactive ketones (excluding diaryl/α,β-unsaturated/α-hetero) is 1. The van der Waals surface area contributed by atoms with Gasteiger partial charge in [0.25, 0.3) is 5.56 Å². The van der Waals surface area contributed by atoms with E-state index in [4.69, 9.17) is 0 Å². The third-order valence-corrected chi connectivity index (χ3v) is 7.54. The van der Waals surface area contributed by atoms with Gasteiger partial charge < -0.3 is 5.32 Å². The van der Waals surface area contributed by atoms with Gasteiger partial charge in [-0.25, -0.2) is 4.98 Å². The van der Waals surface area contributed by atoms with Crippen LogP contribution >= 0.6 is 23.1 Å². The van der Waals surface area contributed by atoms with Gasteiger partial charge in [0.15, 0.2) is 10.9 Å². The fourth-order valence-corrected chi connectivity index (χ4v) is 5.94. The Morgan fingerprint density at radius 1 is 1.23 bits per heavy atom. The Labute approximate surface area is 189 Å². The van der Waals surface area contributed by atoms with Gasteiger partial charge in [-0.1, -0.05) is 25.6 Å². The highest BCUT2D eigenvalue weighted by Crippen LogP contribution is 2.35. The highest BCUT2D eigenvalue weighted by atomic mass is 32.2. The Kier molecular flexibility index (Phi) is 6.29. The lowest BCUT2D eigenvalue weighted by atomic mass is 10.1. The highest BCUT2D eigenvalue weighted by molar-refractivity contribution is 7.99. The molecule has 0 bridgehead atoms. The third kappa shape index (κ3) is 4.60. The third-order valence-electron chi connectivity index (χ3n) is 5.32. The van der Waals surface area contributed by atoms with Gasteiger partial charge in [0.05, 0.1) is 11.1 Å². The maximum atomic E-state index is 12.9. The van der Waals surface area contributed by atoms with E-state index in [0.717, 1.165) is 29.5 Å². The molecule has 6 nitrogen and oxygen atoms in total. The van der Waals surface area contributed by atoms with Gasteiger partial charge in [-0.2, -0.15) is 0 Å². The van der Waals surface area contributed by atoms with Crippen molar-refractivity contribution in [3.63, 3.8) is 0 Å². The first kappa shape index (κ1) is 21.8. The molecule has 162 valence electrons. The van der Waals surface area contributed by atoms with Crippen molar-refractivity contribution in [3.05, 3.63) is 50.6 Å². The molecule has 0 fully saturated rings. The van der Waals surface area contributed by atoms with Crippen LogP contribution in [0.4, 0.5) is 5.69 Å². The Balaban J connectivity index is 1.44. The van der Waals surface area contributed by atoms with Gasteiger partial charge in [-0.05, 0) is 55.0 Å². The monoisotopic (exact) mass is 455 g/mol. The Hall–Kier alpha value is -2.45. The number of thiophene rings is 1. The molecular weight excluding hydrogens is 430 g/mol. The second-order valence-electron chi connectivity index (χ2n) is 8.23. The van der Waals surface area contributed by atoms with Gasteiger partial charge in [0.1, 0.15) is 4.83 Å². The summed E-state index contributed by atoms with van der Waals surface area (Å²) in [5.41, 5.74) is 2.38. The number of nitrogens with zero attached hydrogens (tertiary/aromatic N) is 2. The maximum Gasteiger partial charge on any atom is 0.262 e. The number of ketones is 1. The number of hydrogen-bond donors (Lipinski definition) is 1. The molecule has 0 spiro atoms. The first-order valence-corrected chi connectivity index (χ1v) is 12.2. The van der Waals surface area contributed by atoms with Crippen LogP contribution < -0.4 is 10.9 Å². The summed E-state index contributed by atoms with van der Waals surface area (Å²) in [4.78, 5) is 44.1. The van der Waals surface area contributed by atoms with Crippen LogP contribution in [0.15, 0.2) is 34.2 Å². The van der Waals surface area contributed by atoms with Crippen LogP contribution in [0.1, 0.15) is 47.5 Å². The number of fused-ring (bicyclic) bond motifs is 3. The number of aromatic nitrogens is 2. The molecule has 1 aromatic carbocycles. The van der Waals surface area contributed by atoms with Crippen molar-refractivity contribution in [2.24, 2.45) is 13.0 Å². The number of anilines is 1. The minimum atomic E-state index is -0.0481. The number of nitrogens with one attached hydrogen (secondary N) is 1. The number of rotatable bonds is 7. The molecule has 0 unspecified atom stereocenters. The molecule has 31 heavy (non-hydrogen) atoms. The molecule has 1 aliphatic carbocycles. The van der Waals surface area contributed by atoms with E-state index in [1.54, 1.807) is 47.2 Å². The Bertz CT molecular complexity index is 1210. The predicted octanol–water partition coefficient (Wildman–Crippen LogP) is 4.44. The van der Waals surface area contributed by atoms with E-state index in [2.05, 4.69) is 10.3 Å². The zero-order valence-electron chi connectivity index (χ0n) is 17.9. The lowest BCUT2D eigenvalue weighted by Crippen LogP contribution is -2.20. The number of aryl methyl sites for hydroxylation is 2. The molecule has 0 aliphatic heterocycles. The van der Waals surface area contributed by atoms with E-state index in [1.807, 2.05) is 13.8 Å². The largest absolute Gasteiger partial charge is 0.326 e. The van der Waals surface area contributed by atoms with Crippen molar-refractivity contribution in [1.29, 1.82) is 0 Å². The molecule has 0 atom stereocenters. The molecule has 1 amide bonds. The zero-order chi connectivity index (χ0) is 22.1. The number of amides is 1. The molecule has 3 aromatic rings. The smallest absolute Gasteiger partial charge is 0.262 e. The van der Waals surface area contributed by atoms with E-state index in [0.29, 0.717) is 22.8 Å². The summed E-state index contributed by atoms with van der Waals surface area (Å²) in [6.07, 6.45) is 3.53. The quantitative estimate of drug-likeness (QED) is 0.324. The van der Waals surface area contributed by atoms with E-state index in [1.165, 1.54) is 22.2 Å². The van der Waals surface area contributed by atoms with E-state index in [9.17, 15) is 14.4 Å². The maximum absolute atomic E-state index is 12.9. The molecule has 0 saturated carbocycles. The van der Waals surface area contributed by atoms with Crippen LogP contribution in [0.25, 0.3) is 10.2 Å². The van der Waals surface area contributed by atoms with Crippen LogP contribution in [0.5, 0.6) is 0 Å². The number of carbonyl (C=O) groups excluding carboxylic acids is 2. The summed E-state index contributed by atoms with van der Waals surface area (Å²) < 4.78 is 1.55. The molecule has 1 N–H and O–H groups in total. The van der Waals surface area contributed by atoms with Gasteiger partial charge in [-0.15, -0.1) is 11.3 Å². The average molecular weight is 456 g/mol. The second-order valence-corrected chi connectivity index (χ2v) is 10.3. The average Bonchev–Trinajstić information content (AvgIpc) is 3.30. The molecule has 1 aliphatic rings. The first-order chi connectivity index (χ1) is 14.8. The standard InChI is InChI=1S/C23H25N3O3S2/c1-13(2)11-19(28)24-15-9-7-14(8-10-15)17(27)12-30-23-25-21-20(22(29)26(23)3)16-5-4-6-18(16)31-21/h7-10,13H,4-6,11-12H2,1-3H3,(H,24,28). The van der Waals surface area contributed by atoms with Crippen molar-refractivity contribution < 1.29 is 9.59 Å². The molecular formula is C23H25N3O3S2.